The molecule has 11 aromatic rings. The minimum Gasteiger partial charge on any atom is -0.218 e. The summed E-state index contributed by atoms with van der Waals surface area (Å²) in [6.45, 7) is 9.09. The monoisotopic (exact) mass is 1050 g/mol. The Morgan fingerprint density at radius 1 is 0.286 bits per heavy atom. The third-order valence-corrected chi connectivity index (χ3v) is 12.6. The van der Waals surface area contributed by atoms with Crippen LogP contribution in [0.25, 0.3) is 65.3 Å². The molecule has 70 heavy (non-hydrogen) atoms. The van der Waals surface area contributed by atoms with E-state index in [1.165, 1.54) is 76.5 Å². The van der Waals surface area contributed by atoms with Crippen molar-refractivity contribution in [1.29, 1.82) is 0 Å². The van der Waals surface area contributed by atoms with Crippen LogP contribution in [0.1, 0.15) is 49.9 Å². The van der Waals surface area contributed by atoms with Gasteiger partial charge in [-0.1, -0.05) is 113 Å². The number of hydrogen-bond donors (Lipinski definition) is 0. The van der Waals surface area contributed by atoms with Gasteiger partial charge in [0.1, 0.15) is 0 Å². The van der Waals surface area contributed by atoms with Crippen LogP contribution in [0.15, 0.2) is 218 Å². The molecule has 0 heterocycles. The second kappa shape index (κ2) is 32.4. The summed E-state index contributed by atoms with van der Waals surface area (Å²) in [4.78, 5) is 0. The quantitative estimate of drug-likeness (QED) is 0.141. The van der Waals surface area contributed by atoms with Crippen LogP contribution in [-0.2, 0) is 10.8 Å². The molecule has 0 bridgehead atoms. The molecule has 0 aromatic heterocycles. The number of rotatable bonds is 6. The first-order valence-electron chi connectivity index (χ1n) is 21.9. The van der Waals surface area contributed by atoms with E-state index in [2.05, 4.69) is 222 Å². The zero-order valence-electron chi connectivity index (χ0n) is 42.8. The smallest absolute Gasteiger partial charge is 0.218 e. The first kappa shape index (κ1) is 66.6. The van der Waals surface area contributed by atoms with E-state index < -0.39 is 0 Å². The van der Waals surface area contributed by atoms with Gasteiger partial charge in [0.15, 0.2) is 0 Å². The molecule has 0 fully saturated rings. The van der Waals surface area contributed by atoms with E-state index in [4.69, 9.17) is 0 Å². The normalized spacial score (nSPS) is 10.5. The van der Waals surface area contributed by atoms with E-state index in [1.54, 1.807) is 0 Å². The summed E-state index contributed by atoms with van der Waals surface area (Å²) >= 11 is 0. The fourth-order valence-electron chi connectivity index (χ4n) is 8.59. The van der Waals surface area contributed by atoms with Gasteiger partial charge in [-0.2, -0.15) is 133 Å². The van der Waals surface area contributed by atoms with Crippen LogP contribution in [0, 0.1) is 36.4 Å². The SMILES string of the molecule is CC(C)(c1cc[c-]cc1)c1ccc(C(C)(C)c2cc[c-]cc2)cc1.[K+].[K+].[K+].[K+].[K+].[K+].[c-]1ccc2cc(-c3ccc4c[c-]ccc4c3)ccc2c1.[c-]1ccc2ccccc2c1-c1[c-]ccc2ccccc12. The first-order valence-corrected chi connectivity index (χ1v) is 21.9. The third kappa shape index (κ3) is 16.7. The van der Waals surface area contributed by atoms with E-state index in [1.807, 2.05) is 60.7 Å². The standard InChI is InChI=1S/C24H24.2C20H12.6K/c1-23(2,19-11-7-5-8-12-19)21-15-17-22(18-16-21)24(3,4)20-13-9-6-10-14-20;1-3-11-17-15(7-1)9-5-13-19(17)20-14-6-10-16-8-2-4-12-18(16)20;1-3-7-17-13-19(11-9-15(17)5-1)20-12-10-16-6-2-4-8-18(16)14-20;;;;;;/h7-18H,1-4H3;1-12H;3-14H;;;;;;/q3*-2;6*+1. The summed E-state index contributed by atoms with van der Waals surface area (Å²) in [5.41, 5.74) is 10.00. The summed E-state index contributed by atoms with van der Waals surface area (Å²) in [5.74, 6) is 0. The van der Waals surface area contributed by atoms with Crippen LogP contribution >= 0.6 is 0 Å². The molecule has 11 aromatic carbocycles. The molecule has 0 unspecified atom stereocenters. The molecule has 11 rings (SSSR count). The predicted octanol–water partition coefficient (Wildman–Crippen LogP) is -1.52. The van der Waals surface area contributed by atoms with Crippen molar-refractivity contribution in [2.24, 2.45) is 0 Å². The number of hydrogen-bond acceptors (Lipinski definition) is 0. The Hall–Kier alpha value is 2.28. The molecule has 6 heteroatoms. The molecule has 0 spiro atoms. The zero-order chi connectivity index (χ0) is 43.9. The zero-order valence-corrected chi connectivity index (χ0v) is 61.5. The Balaban J connectivity index is 0.000000267. The van der Waals surface area contributed by atoms with Crippen LogP contribution in [0.3, 0.4) is 0 Å². The summed E-state index contributed by atoms with van der Waals surface area (Å²) in [5, 5.41) is 9.89. The average Bonchev–Trinajstić information content (AvgIpc) is 3.36. The predicted molar refractivity (Wildman–Crippen MR) is 270 cm³/mol. The molecular weight excluding hydrogens is 1000 g/mol. The molecule has 0 saturated heterocycles. The fraction of sp³-hybridized carbons (Fsp3) is 0.0938. The maximum atomic E-state index is 3.39. The molecular formula is C64H48K6. The van der Waals surface area contributed by atoms with Gasteiger partial charge in [0, 0.05) is 0 Å². The summed E-state index contributed by atoms with van der Waals surface area (Å²) in [7, 11) is 0. The molecule has 0 radical (unpaired) electrons. The van der Waals surface area contributed by atoms with Gasteiger partial charge in [-0.05, 0) is 33.1 Å². The Kier molecular flexibility index (Phi) is 30.8. The van der Waals surface area contributed by atoms with Crippen LogP contribution < -0.4 is 308 Å². The molecule has 0 N–H and O–H groups in total. The van der Waals surface area contributed by atoms with Crippen molar-refractivity contribution >= 4 is 43.1 Å². The van der Waals surface area contributed by atoms with Crippen molar-refractivity contribution in [3.8, 4) is 22.3 Å². The van der Waals surface area contributed by atoms with Gasteiger partial charge in [-0.15, -0.1) is 90.6 Å². The van der Waals surface area contributed by atoms with E-state index in [0.717, 1.165) is 11.1 Å². The van der Waals surface area contributed by atoms with Crippen molar-refractivity contribution in [3.05, 3.63) is 277 Å². The van der Waals surface area contributed by atoms with E-state index >= 15 is 0 Å². The largest absolute Gasteiger partial charge is 1.00 e. The third-order valence-electron chi connectivity index (χ3n) is 12.6. The Labute approximate surface area is 672 Å². The first-order chi connectivity index (χ1) is 31.3. The number of fused-ring (bicyclic) bond motifs is 4. The maximum absolute atomic E-state index is 3.39. The van der Waals surface area contributed by atoms with Crippen LogP contribution in [0.5, 0.6) is 0 Å². The summed E-state index contributed by atoms with van der Waals surface area (Å²) < 4.78 is 0. The van der Waals surface area contributed by atoms with Crippen molar-refractivity contribution in [1.82, 2.24) is 0 Å². The van der Waals surface area contributed by atoms with Crippen LogP contribution in [0.2, 0.25) is 0 Å². The minimum absolute atomic E-state index is 0. The molecule has 0 aliphatic heterocycles. The van der Waals surface area contributed by atoms with E-state index in [-0.39, 0.29) is 319 Å². The second-order valence-electron chi connectivity index (χ2n) is 17.3. The molecule has 0 nitrogen and oxygen atoms in total. The van der Waals surface area contributed by atoms with Gasteiger partial charge in [0.2, 0.25) is 0 Å². The second-order valence-corrected chi connectivity index (χ2v) is 17.3. The van der Waals surface area contributed by atoms with E-state index in [0.29, 0.717) is 0 Å². The van der Waals surface area contributed by atoms with Crippen molar-refractivity contribution in [2.45, 2.75) is 38.5 Å². The topological polar surface area (TPSA) is 0 Å². The minimum atomic E-state index is -0.0144. The molecule has 0 atom stereocenters. The van der Waals surface area contributed by atoms with Crippen LogP contribution in [0.4, 0.5) is 0 Å². The molecule has 0 saturated carbocycles. The Morgan fingerprint density at radius 3 is 1.00 bits per heavy atom. The van der Waals surface area contributed by atoms with Gasteiger partial charge in [-0.25, -0.2) is 11.1 Å². The van der Waals surface area contributed by atoms with Crippen molar-refractivity contribution < 1.29 is 308 Å². The van der Waals surface area contributed by atoms with Crippen molar-refractivity contribution in [3.63, 3.8) is 0 Å². The van der Waals surface area contributed by atoms with Crippen molar-refractivity contribution in [2.75, 3.05) is 0 Å². The molecule has 310 valence electrons. The van der Waals surface area contributed by atoms with Gasteiger partial charge < -0.3 is 0 Å². The average molecular weight is 1050 g/mol. The molecule has 0 amide bonds. The molecule has 0 aliphatic carbocycles. The Bertz CT molecular complexity index is 3090. The van der Waals surface area contributed by atoms with Gasteiger partial charge in [0.05, 0.1) is 0 Å². The van der Waals surface area contributed by atoms with Gasteiger partial charge in [-0.3, -0.25) is 0 Å². The van der Waals surface area contributed by atoms with Gasteiger partial charge >= 0.3 is 308 Å². The van der Waals surface area contributed by atoms with Gasteiger partial charge in [0.25, 0.3) is 0 Å². The molecule has 0 aliphatic rings. The number of benzene rings is 11. The Morgan fingerprint density at radius 2 is 0.614 bits per heavy atom. The maximum Gasteiger partial charge on any atom is 1.00 e. The fourth-order valence-corrected chi connectivity index (χ4v) is 8.59. The summed E-state index contributed by atoms with van der Waals surface area (Å²) in [6.07, 6.45) is 0. The van der Waals surface area contributed by atoms with E-state index in [9.17, 15) is 0 Å². The van der Waals surface area contributed by atoms with Crippen LogP contribution in [-0.4, -0.2) is 0 Å². The summed E-state index contributed by atoms with van der Waals surface area (Å²) in [6, 6.07) is 95.2.